The van der Waals surface area contributed by atoms with Gasteiger partial charge in [0, 0.05) is 71.4 Å². The summed E-state index contributed by atoms with van der Waals surface area (Å²) in [6, 6.07) is 14.4. The number of fused-ring (bicyclic) bond motifs is 2. The Bertz CT molecular complexity index is 2120. The van der Waals surface area contributed by atoms with Crippen molar-refractivity contribution >= 4 is 55.9 Å². The van der Waals surface area contributed by atoms with Gasteiger partial charge in [-0.15, -0.1) is 11.3 Å². The molecule has 0 saturated carbocycles. The lowest BCUT2D eigenvalue weighted by atomic mass is 9.90. The van der Waals surface area contributed by atoms with Crippen molar-refractivity contribution in [3.8, 4) is 21.8 Å². The molecule has 0 radical (unpaired) electrons. The number of hydrogen-bond donors (Lipinski definition) is 1. The summed E-state index contributed by atoms with van der Waals surface area (Å²) in [4.78, 5) is 39.5. The molecular weight excluding hydrogens is 682 g/mol. The number of carbonyl (C=O) groups excluding carboxylic acids is 1. The number of rotatable bonds is 8. The van der Waals surface area contributed by atoms with Crippen LogP contribution in [0.2, 0.25) is 5.02 Å². The summed E-state index contributed by atoms with van der Waals surface area (Å²) < 4.78 is 9.48. The maximum atomic E-state index is 12.8. The number of nitrogens with zero attached hydrogens (tertiary/aromatic N) is 5. The van der Waals surface area contributed by atoms with Crippen molar-refractivity contribution in [3.05, 3.63) is 70.5 Å². The van der Waals surface area contributed by atoms with Crippen LogP contribution in [0.1, 0.15) is 89.3 Å². The van der Waals surface area contributed by atoms with Crippen molar-refractivity contribution in [2.24, 2.45) is 0 Å². The fourth-order valence-corrected chi connectivity index (χ4v) is 8.92. The molecule has 0 aliphatic carbocycles. The number of thiazole rings is 1. The topological polar surface area (TPSA) is 101 Å². The minimum atomic E-state index is -1.18. The van der Waals surface area contributed by atoms with Crippen LogP contribution in [0.25, 0.3) is 42.9 Å². The van der Waals surface area contributed by atoms with E-state index in [2.05, 4.69) is 35.6 Å². The first kappa shape index (κ1) is 35.6. The summed E-state index contributed by atoms with van der Waals surface area (Å²) in [6.45, 7) is 17.3. The van der Waals surface area contributed by atoms with Gasteiger partial charge in [0.1, 0.15) is 5.01 Å². The quantitative estimate of drug-likeness (QED) is 0.170. The van der Waals surface area contributed by atoms with E-state index >= 15 is 0 Å². The predicted octanol–water partition coefficient (Wildman–Crippen LogP) is 8.87. The van der Waals surface area contributed by atoms with E-state index < -0.39 is 17.7 Å². The molecule has 2 saturated heterocycles. The highest BCUT2D eigenvalue weighted by Crippen LogP contribution is 2.45. The molecule has 0 unspecified atom stereocenters. The highest BCUT2D eigenvalue weighted by molar-refractivity contribution is 7.22. The van der Waals surface area contributed by atoms with Gasteiger partial charge in [-0.05, 0) is 109 Å². The third-order valence-corrected chi connectivity index (χ3v) is 11.6. The molecule has 0 bridgehead atoms. The summed E-state index contributed by atoms with van der Waals surface area (Å²) >= 11 is 7.83. The number of benzene rings is 2. The summed E-state index contributed by atoms with van der Waals surface area (Å²) in [5.41, 5.74) is 6.25. The third kappa shape index (κ3) is 6.91. The van der Waals surface area contributed by atoms with Gasteiger partial charge in [-0.1, -0.05) is 23.7 Å². The number of aryl methyl sites for hydroxylation is 1. The lowest BCUT2D eigenvalue weighted by Crippen LogP contribution is -2.61. The van der Waals surface area contributed by atoms with E-state index in [4.69, 9.17) is 26.3 Å². The SMILES string of the molecule is CC(=O)N1CC(N2CCC(c3c4nc(-c5nc6cc(C)c([C@H](OC(C)(C)C)C(=O)O)c(-c7ccc(Cl)cc7)c6s5)ccc4cn3C(C)C)CC2)C1. The number of likely N-dealkylation sites (tertiary alicyclic amines) is 2. The van der Waals surface area contributed by atoms with Crippen LogP contribution in [-0.4, -0.2) is 79.1 Å². The Kier molecular flexibility index (Phi) is 9.50. The second kappa shape index (κ2) is 13.6. The lowest BCUT2D eigenvalue weighted by molar-refractivity contribution is -0.160. The molecule has 9 nitrogen and oxygen atoms in total. The Morgan fingerprint density at radius 1 is 1.04 bits per heavy atom. The number of carboxylic acid groups (broad SMARTS) is 1. The highest BCUT2D eigenvalue weighted by Gasteiger charge is 2.37. The molecular formula is C40H46ClN5O4S. The van der Waals surface area contributed by atoms with Crippen LogP contribution < -0.4 is 0 Å². The maximum absolute atomic E-state index is 12.8. The molecule has 51 heavy (non-hydrogen) atoms. The summed E-state index contributed by atoms with van der Waals surface area (Å²) in [5, 5.41) is 13.0. The van der Waals surface area contributed by atoms with Gasteiger partial charge in [0.25, 0.3) is 0 Å². The number of carbonyl (C=O) groups is 2. The number of amides is 1. The fraction of sp³-hybridized carbons (Fsp3) is 0.450. The molecule has 5 heterocycles. The normalized spacial score (nSPS) is 17.1. The number of aromatic nitrogens is 3. The molecule has 3 aromatic heterocycles. The standard InChI is InChI=1S/C40H46ClN5O4S/c1-22(2)46-19-27-10-13-30(42-34(27)35(46)26-14-16-44(17-15-26)29-20-45(21-29)24(4)47)38-43-31-18-23(3)32(36(39(48)49)50-40(5,6)7)33(37(31)51-38)25-8-11-28(41)12-9-25/h8-13,18-19,22,26,29,36H,14-17,20-21H2,1-7H3,(H,48,49)/t36-/m0/s1. The van der Waals surface area contributed by atoms with Crippen LogP contribution in [0.5, 0.6) is 0 Å². The van der Waals surface area contributed by atoms with Crippen LogP contribution in [0.3, 0.4) is 0 Å². The number of hydrogen-bond acceptors (Lipinski definition) is 7. The van der Waals surface area contributed by atoms with Gasteiger partial charge in [0.2, 0.25) is 5.91 Å². The minimum Gasteiger partial charge on any atom is -0.479 e. The number of piperidine rings is 1. The van der Waals surface area contributed by atoms with Gasteiger partial charge in [-0.3, -0.25) is 9.69 Å². The number of halogens is 1. The number of ether oxygens (including phenoxy) is 1. The molecule has 11 heteroatoms. The first-order valence-corrected chi connectivity index (χ1v) is 19.0. The zero-order chi connectivity index (χ0) is 36.4. The van der Waals surface area contributed by atoms with E-state index in [1.165, 1.54) is 17.0 Å². The molecule has 2 aromatic carbocycles. The molecule has 2 aliphatic heterocycles. The molecule has 1 N–H and O–H groups in total. The fourth-order valence-electron chi connectivity index (χ4n) is 7.70. The van der Waals surface area contributed by atoms with Gasteiger partial charge in [0.15, 0.2) is 6.10 Å². The Labute approximate surface area is 308 Å². The van der Waals surface area contributed by atoms with E-state index in [-0.39, 0.29) is 11.9 Å². The largest absolute Gasteiger partial charge is 0.479 e. The number of aliphatic carboxylic acids is 1. The zero-order valence-corrected chi connectivity index (χ0v) is 31.9. The van der Waals surface area contributed by atoms with Crippen LogP contribution in [0.15, 0.2) is 48.7 Å². The van der Waals surface area contributed by atoms with Crippen molar-refractivity contribution in [1.29, 1.82) is 0 Å². The van der Waals surface area contributed by atoms with Crippen LogP contribution in [-0.2, 0) is 14.3 Å². The molecule has 1 amide bonds. The predicted molar refractivity (Wildman–Crippen MR) is 205 cm³/mol. The zero-order valence-electron chi connectivity index (χ0n) is 30.4. The van der Waals surface area contributed by atoms with E-state index in [0.717, 1.165) is 87.5 Å². The van der Waals surface area contributed by atoms with Gasteiger partial charge >= 0.3 is 5.97 Å². The minimum absolute atomic E-state index is 0.160. The summed E-state index contributed by atoms with van der Waals surface area (Å²) in [5.74, 6) is -0.507. The molecule has 2 aliphatic rings. The maximum Gasteiger partial charge on any atom is 0.337 e. The van der Waals surface area contributed by atoms with E-state index in [1.807, 2.05) is 69.0 Å². The molecule has 5 aromatic rings. The van der Waals surface area contributed by atoms with Gasteiger partial charge < -0.3 is 19.3 Å². The molecule has 2 fully saturated rings. The number of pyridine rings is 1. The monoisotopic (exact) mass is 727 g/mol. The average molecular weight is 728 g/mol. The van der Waals surface area contributed by atoms with E-state index in [9.17, 15) is 14.7 Å². The number of carboxylic acids is 1. The first-order valence-electron chi connectivity index (χ1n) is 17.8. The lowest BCUT2D eigenvalue weighted by Gasteiger charge is -2.47. The summed E-state index contributed by atoms with van der Waals surface area (Å²) in [6.07, 6.45) is 3.15. The average Bonchev–Trinajstić information content (AvgIpc) is 3.64. The van der Waals surface area contributed by atoms with Gasteiger partial charge in [0.05, 0.1) is 27.0 Å². The second-order valence-corrected chi connectivity index (χ2v) is 16.8. The van der Waals surface area contributed by atoms with Gasteiger partial charge in [-0.25, -0.2) is 14.8 Å². The van der Waals surface area contributed by atoms with E-state index in [0.29, 0.717) is 22.5 Å². The van der Waals surface area contributed by atoms with E-state index in [1.54, 1.807) is 6.92 Å². The molecule has 1 atom stereocenters. The molecule has 0 spiro atoms. The van der Waals surface area contributed by atoms with Crippen molar-refractivity contribution in [3.63, 3.8) is 0 Å². The van der Waals surface area contributed by atoms with Crippen LogP contribution >= 0.6 is 22.9 Å². The van der Waals surface area contributed by atoms with Crippen LogP contribution in [0.4, 0.5) is 0 Å². The third-order valence-electron chi connectivity index (χ3n) is 10.3. The highest BCUT2D eigenvalue weighted by atomic mass is 35.5. The Morgan fingerprint density at radius 2 is 1.73 bits per heavy atom. The molecule has 268 valence electrons. The second-order valence-electron chi connectivity index (χ2n) is 15.3. The van der Waals surface area contributed by atoms with Crippen molar-refractivity contribution in [2.75, 3.05) is 26.2 Å². The van der Waals surface area contributed by atoms with Gasteiger partial charge in [-0.2, -0.15) is 0 Å². The Balaban J connectivity index is 1.30. The molecule has 7 rings (SSSR count). The Hall–Kier alpha value is -3.83. The Morgan fingerprint density at radius 3 is 2.33 bits per heavy atom. The summed E-state index contributed by atoms with van der Waals surface area (Å²) in [7, 11) is 0. The first-order chi connectivity index (χ1) is 24.2. The van der Waals surface area contributed by atoms with Crippen molar-refractivity contribution < 1.29 is 19.4 Å². The van der Waals surface area contributed by atoms with Crippen molar-refractivity contribution in [1.82, 2.24) is 24.3 Å². The van der Waals surface area contributed by atoms with Crippen molar-refractivity contribution in [2.45, 2.75) is 91.0 Å². The smallest absolute Gasteiger partial charge is 0.337 e. The van der Waals surface area contributed by atoms with Crippen LogP contribution in [0, 0.1) is 6.92 Å².